The van der Waals surface area contributed by atoms with Gasteiger partial charge < -0.3 is 10.2 Å². The maximum atomic E-state index is 13.2. The molecule has 0 radical (unpaired) electrons. The molecule has 1 spiro atoms. The van der Waals surface area contributed by atoms with Gasteiger partial charge in [0.1, 0.15) is 0 Å². The van der Waals surface area contributed by atoms with Crippen LogP contribution in [0.4, 0.5) is 5.69 Å². The molecule has 3 heterocycles. The molecule has 26 heavy (non-hydrogen) atoms. The summed E-state index contributed by atoms with van der Waals surface area (Å²) in [4.78, 5) is 32.3. The van der Waals surface area contributed by atoms with E-state index in [1.807, 2.05) is 48.2 Å². The average Bonchev–Trinajstić information content (AvgIpc) is 3.16. The first-order valence-corrected chi connectivity index (χ1v) is 9.22. The third-order valence-corrected chi connectivity index (χ3v) is 5.73. The first-order valence-electron chi connectivity index (χ1n) is 9.22. The Labute approximate surface area is 153 Å². The molecule has 1 N–H and O–H groups in total. The van der Waals surface area contributed by atoms with Crippen molar-refractivity contribution in [2.75, 3.05) is 11.9 Å². The molecule has 5 heteroatoms. The van der Waals surface area contributed by atoms with E-state index < -0.39 is 5.41 Å². The zero-order valence-electron chi connectivity index (χ0n) is 15.2. The number of aromatic nitrogens is 1. The lowest BCUT2D eigenvalue weighted by Crippen LogP contribution is -2.48. The van der Waals surface area contributed by atoms with Crippen LogP contribution in [0.15, 0.2) is 42.6 Å². The molecule has 5 nitrogen and oxygen atoms in total. The minimum absolute atomic E-state index is 0.0227. The van der Waals surface area contributed by atoms with E-state index >= 15 is 0 Å². The van der Waals surface area contributed by atoms with Crippen LogP contribution in [-0.4, -0.2) is 34.3 Å². The van der Waals surface area contributed by atoms with E-state index in [4.69, 9.17) is 0 Å². The number of pyridine rings is 1. The van der Waals surface area contributed by atoms with Crippen LogP contribution in [0, 0.1) is 6.92 Å². The number of anilines is 1. The van der Waals surface area contributed by atoms with Crippen molar-refractivity contribution in [3.8, 4) is 0 Å². The van der Waals surface area contributed by atoms with Crippen molar-refractivity contribution in [1.29, 1.82) is 0 Å². The van der Waals surface area contributed by atoms with Gasteiger partial charge >= 0.3 is 0 Å². The van der Waals surface area contributed by atoms with Gasteiger partial charge in [-0.05, 0) is 43.5 Å². The number of likely N-dealkylation sites (tertiary alicyclic amines) is 1. The Morgan fingerprint density at radius 3 is 2.85 bits per heavy atom. The number of nitrogens with one attached hydrogen (secondary N) is 1. The Bertz CT molecular complexity index is 862. The summed E-state index contributed by atoms with van der Waals surface area (Å²) in [5.41, 5.74) is 2.74. The number of fused-ring (bicyclic) bond motifs is 2. The van der Waals surface area contributed by atoms with Gasteiger partial charge in [-0.25, -0.2) is 0 Å². The molecule has 1 fully saturated rings. The van der Waals surface area contributed by atoms with Crippen LogP contribution < -0.4 is 5.32 Å². The fraction of sp³-hybridized carbons (Fsp3) is 0.381. The Hall–Kier alpha value is -2.69. The highest BCUT2D eigenvalue weighted by atomic mass is 16.2. The number of aryl methyl sites for hydroxylation is 1. The molecular weight excluding hydrogens is 326 g/mol. The first kappa shape index (κ1) is 16.8. The zero-order valence-corrected chi connectivity index (χ0v) is 15.2. The second kappa shape index (κ2) is 6.24. The van der Waals surface area contributed by atoms with Crippen molar-refractivity contribution in [3.63, 3.8) is 0 Å². The largest absolute Gasteiger partial charge is 0.334 e. The zero-order chi connectivity index (χ0) is 18.3. The third-order valence-electron chi connectivity index (χ3n) is 5.73. The Morgan fingerprint density at radius 1 is 1.31 bits per heavy atom. The van der Waals surface area contributed by atoms with E-state index in [0.717, 1.165) is 29.8 Å². The van der Waals surface area contributed by atoms with Gasteiger partial charge in [0.05, 0.1) is 17.0 Å². The highest BCUT2D eigenvalue weighted by Gasteiger charge is 2.58. The highest BCUT2D eigenvalue weighted by molar-refractivity contribution is 6.08. The van der Waals surface area contributed by atoms with Gasteiger partial charge in [-0.15, -0.1) is 0 Å². The molecule has 4 rings (SSSR count). The van der Waals surface area contributed by atoms with Crippen molar-refractivity contribution < 1.29 is 9.59 Å². The molecule has 0 saturated carbocycles. The smallest absolute Gasteiger partial charge is 0.255 e. The van der Waals surface area contributed by atoms with Crippen LogP contribution >= 0.6 is 0 Å². The van der Waals surface area contributed by atoms with Crippen LogP contribution in [0.3, 0.4) is 0 Å². The fourth-order valence-electron chi connectivity index (χ4n) is 4.48. The van der Waals surface area contributed by atoms with E-state index in [9.17, 15) is 9.59 Å². The summed E-state index contributed by atoms with van der Waals surface area (Å²) in [5.74, 6) is -0.0144. The van der Waals surface area contributed by atoms with Crippen LogP contribution in [0.25, 0.3) is 0 Å². The average molecular weight is 349 g/mol. The van der Waals surface area contributed by atoms with Gasteiger partial charge in [0.15, 0.2) is 0 Å². The maximum Gasteiger partial charge on any atom is 0.255 e. The summed E-state index contributed by atoms with van der Waals surface area (Å²) in [7, 11) is 0. The lowest BCUT2D eigenvalue weighted by atomic mass is 9.73. The van der Waals surface area contributed by atoms with E-state index in [2.05, 4.69) is 17.2 Å². The van der Waals surface area contributed by atoms with E-state index in [1.54, 1.807) is 6.20 Å². The van der Waals surface area contributed by atoms with Crippen molar-refractivity contribution in [3.05, 3.63) is 59.4 Å². The third kappa shape index (κ3) is 2.34. The lowest BCUT2D eigenvalue weighted by molar-refractivity contribution is -0.121. The number of hydrogen-bond acceptors (Lipinski definition) is 3. The molecule has 134 valence electrons. The maximum absolute atomic E-state index is 13.2. The SMILES string of the molecule is CCC[C@@H]1N(C(=O)c2ccc(C)nc2)CC[C@@]12C(=O)Nc1ccccc12. The molecule has 1 saturated heterocycles. The van der Waals surface area contributed by atoms with Gasteiger partial charge in [-0.2, -0.15) is 0 Å². The number of benzene rings is 1. The van der Waals surface area contributed by atoms with Gasteiger partial charge in [-0.1, -0.05) is 31.5 Å². The Morgan fingerprint density at radius 2 is 2.12 bits per heavy atom. The van der Waals surface area contributed by atoms with Gasteiger partial charge in [0, 0.05) is 24.1 Å². The van der Waals surface area contributed by atoms with Gasteiger partial charge in [0.2, 0.25) is 5.91 Å². The van der Waals surface area contributed by atoms with E-state index in [-0.39, 0.29) is 17.9 Å². The summed E-state index contributed by atoms with van der Waals surface area (Å²) < 4.78 is 0. The number of hydrogen-bond donors (Lipinski definition) is 1. The normalized spacial score (nSPS) is 24.0. The second-order valence-corrected chi connectivity index (χ2v) is 7.21. The number of nitrogens with zero attached hydrogens (tertiary/aromatic N) is 2. The first-order chi connectivity index (χ1) is 12.6. The quantitative estimate of drug-likeness (QED) is 0.925. The number of carbonyl (C=O) groups excluding carboxylic acids is 2. The summed E-state index contributed by atoms with van der Waals surface area (Å²) in [6.45, 7) is 4.58. The van der Waals surface area contributed by atoms with Crippen LogP contribution in [-0.2, 0) is 10.2 Å². The molecule has 2 aliphatic rings. The topological polar surface area (TPSA) is 62.3 Å². The molecule has 0 bridgehead atoms. The highest BCUT2D eigenvalue weighted by Crippen LogP contribution is 2.49. The minimum atomic E-state index is -0.639. The molecule has 0 unspecified atom stereocenters. The molecule has 1 aromatic carbocycles. The van der Waals surface area contributed by atoms with Crippen molar-refractivity contribution in [1.82, 2.24) is 9.88 Å². The lowest BCUT2D eigenvalue weighted by Gasteiger charge is -2.34. The minimum Gasteiger partial charge on any atom is -0.334 e. The van der Waals surface area contributed by atoms with Crippen molar-refractivity contribution >= 4 is 17.5 Å². The molecular formula is C21H23N3O2. The predicted molar refractivity (Wildman–Crippen MR) is 100 cm³/mol. The van der Waals surface area contributed by atoms with Crippen LogP contribution in [0.1, 0.15) is 47.8 Å². The van der Waals surface area contributed by atoms with Crippen molar-refractivity contribution in [2.24, 2.45) is 0 Å². The Kier molecular flexibility index (Phi) is 4.02. The standard InChI is InChI=1S/C21H23N3O2/c1-3-6-18-21(16-7-4-5-8-17(16)23-20(21)26)11-12-24(18)19(25)15-10-9-14(2)22-13-15/h4-5,7-10,13,18H,3,6,11-12H2,1-2H3,(H,23,26)/t18-,21-/m0/s1. The van der Waals surface area contributed by atoms with E-state index in [0.29, 0.717) is 18.5 Å². The summed E-state index contributed by atoms with van der Waals surface area (Å²) in [6, 6.07) is 11.4. The number of rotatable bonds is 3. The number of para-hydroxylation sites is 1. The van der Waals surface area contributed by atoms with Crippen molar-refractivity contribution in [2.45, 2.75) is 44.6 Å². The van der Waals surface area contributed by atoms with Gasteiger partial charge in [-0.3, -0.25) is 14.6 Å². The van der Waals surface area contributed by atoms with E-state index in [1.165, 1.54) is 0 Å². The van der Waals surface area contributed by atoms with Gasteiger partial charge in [0.25, 0.3) is 5.91 Å². The molecule has 2 atom stereocenters. The van der Waals surface area contributed by atoms with Crippen LogP contribution in [0.5, 0.6) is 0 Å². The van der Waals surface area contributed by atoms with Crippen LogP contribution in [0.2, 0.25) is 0 Å². The molecule has 2 aliphatic heterocycles. The predicted octanol–water partition coefficient (Wildman–Crippen LogP) is 3.29. The number of carbonyl (C=O) groups is 2. The monoisotopic (exact) mass is 349 g/mol. The fourth-order valence-corrected chi connectivity index (χ4v) is 4.48. The summed E-state index contributed by atoms with van der Waals surface area (Å²) >= 11 is 0. The number of amides is 2. The summed E-state index contributed by atoms with van der Waals surface area (Å²) in [5, 5.41) is 3.04. The molecule has 1 aromatic heterocycles. The summed E-state index contributed by atoms with van der Waals surface area (Å²) in [6.07, 6.45) is 4.00. The second-order valence-electron chi connectivity index (χ2n) is 7.21. The molecule has 0 aliphatic carbocycles. The molecule has 2 aromatic rings. The Balaban J connectivity index is 1.74. The molecule has 2 amide bonds.